The minimum Gasteiger partial charge on any atom is -0.424 e. The Labute approximate surface area is 236 Å². The number of nitrogens with zero attached hydrogens (tertiary/aromatic N) is 4. The first-order chi connectivity index (χ1) is 19.7. The van der Waals surface area contributed by atoms with Gasteiger partial charge in [0.15, 0.2) is 0 Å². The minimum atomic E-state index is -4.59. The third-order valence-electron chi connectivity index (χ3n) is 5.71. The Hall–Kier alpha value is -5.23. The van der Waals surface area contributed by atoms with Crippen molar-refractivity contribution in [2.24, 2.45) is 0 Å². The third-order valence-corrected chi connectivity index (χ3v) is 5.92. The molecule has 3 aromatic heterocycles. The van der Waals surface area contributed by atoms with Crippen LogP contribution in [0, 0.1) is 0 Å². The summed E-state index contributed by atoms with van der Waals surface area (Å²) in [5.41, 5.74) is 7.50. The number of pyridine rings is 2. The number of rotatable bonds is 6. The van der Waals surface area contributed by atoms with Gasteiger partial charge in [0.2, 0.25) is 0 Å². The molecule has 41 heavy (non-hydrogen) atoms. The smallest absolute Gasteiger partial charge is 0.416 e. The number of hydrogen-bond acceptors (Lipinski definition) is 7. The number of benzene rings is 2. The lowest BCUT2D eigenvalue weighted by Crippen LogP contribution is -2.20. The summed E-state index contributed by atoms with van der Waals surface area (Å²) < 4.78 is 45.6. The minimum absolute atomic E-state index is 0.00406. The first-order valence-corrected chi connectivity index (χ1v) is 12.2. The predicted molar refractivity (Wildman–Crippen MR) is 149 cm³/mol. The fraction of sp³-hybridized carbons (Fsp3) is 0.0357. The Balaban J connectivity index is 1.26. The Bertz CT molecular complexity index is 1680. The second kappa shape index (κ2) is 11.5. The van der Waals surface area contributed by atoms with Gasteiger partial charge in [-0.2, -0.15) is 13.2 Å². The maximum Gasteiger partial charge on any atom is 0.416 e. The topological polar surface area (TPSA) is 128 Å². The van der Waals surface area contributed by atoms with E-state index in [-0.39, 0.29) is 17.4 Å². The molecular weight excluding hydrogens is 559 g/mol. The zero-order chi connectivity index (χ0) is 29.0. The quantitative estimate of drug-likeness (QED) is 0.193. The van der Waals surface area contributed by atoms with E-state index < -0.39 is 17.8 Å². The number of anilines is 3. The zero-order valence-electron chi connectivity index (χ0n) is 20.9. The highest BCUT2D eigenvalue weighted by molar-refractivity contribution is 6.30. The average molecular weight is 578 g/mol. The van der Waals surface area contributed by atoms with Gasteiger partial charge in [-0.05, 0) is 42.0 Å². The Morgan fingerprint density at radius 1 is 0.854 bits per heavy atom. The summed E-state index contributed by atoms with van der Waals surface area (Å²) in [5.74, 6) is 0.771. The molecule has 0 unspecified atom stereocenters. The zero-order valence-corrected chi connectivity index (χ0v) is 21.6. The molecule has 2 amide bonds. The fourth-order valence-electron chi connectivity index (χ4n) is 3.80. The van der Waals surface area contributed by atoms with Gasteiger partial charge >= 0.3 is 18.2 Å². The maximum absolute atomic E-state index is 13.3. The molecule has 0 radical (unpaired) electrons. The van der Waals surface area contributed by atoms with E-state index in [0.717, 1.165) is 17.7 Å². The highest BCUT2D eigenvalue weighted by atomic mass is 35.5. The molecular formula is C28H19ClF3N7O2. The summed E-state index contributed by atoms with van der Waals surface area (Å²) in [6.45, 7) is 0. The number of carbonyl (C=O) groups excluding carboxylic acids is 1. The van der Waals surface area contributed by atoms with Crippen LogP contribution in [0.25, 0.3) is 22.3 Å². The van der Waals surface area contributed by atoms with E-state index in [1.54, 1.807) is 42.5 Å². The Morgan fingerprint density at radius 3 is 2.29 bits per heavy atom. The normalized spacial score (nSPS) is 11.1. The van der Waals surface area contributed by atoms with Crippen molar-refractivity contribution in [1.29, 1.82) is 0 Å². The summed E-state index contributed by atoms with van der Waals surface area (Å²) in [5, 5.41) is 5.41. The lowest BCUT2D eigenvalue weighted by molar-refractivity contribution is -0.137. The molecule has 0 fully saturated rings. The highest BCUT2D eigenvalue weighted by Gasteiger charge is 2.31. The molecule has 206 valence electrons. The summed E-state index contributed by atoms with van der Waals surface area (Å²) in [4.78, 5) is 28.8. The van der Waals surface area contributed by atoms with Crippen LogP contribution in [-0.4, -0.2) is 26.0 Å². The molecule has 0 bridgehead atoms. The fourth-order valence-corrected chi connectivity index (χ4v) is 3.96. The molecule has 3 heterocycles. The van der Waals surface area contributed by atoms with Crippen molar-refractivity contribution in [3.63, 3.8) is 0 Å². The number of aromatic nitrogens is 4. The van der Waals surface area contributed by atoms with Gasteiger partial charge in [-0.15, -0.1) is 0 Å². The molecule has 13 heteroatoms. The number of halogens is 4. The van der Waals surface area contributed by atoms with Crippen LogP contribution in [0.2, 0.25) is 5.02 Å². The molecule has 0 saturated heterocycles. The first kappa shape index (κ1) is 27.3. The maximum atomic E-state index is 13.3. The summed E-state index contributed by atoms with van der Waals surface area (Å²) >= 11 is 6.01. The van der Waals surface area contributed by atoms with E-state index in [9.17, 15) is 18.0 Å². The largest absolute Gasteiger partial charge is 0.424 e. The van der Waals surface area contributed by atoms with Crippen LogP contribution < -0.4 is 21.1 Å². The van der Waals surface area contributed by atoms with Crippen molar-refractivity contribution < 1.29 is 22.7 Å². The second-order valence-corrected chi connectivity index (χ2v) is 8.98. The molecule has 5 rings (SSSR count). The molecule has 0 aliphatic heterocycles. The SMILES string of the molecule is Nc1ncc(Cl)cc1-c1ccc(Oc2ncc(NC(=O)Nc3cc(C(F)(F)F)ccc3-c3cccnc3)cn2)cc1. The standard InChI is InChI=1S/C28H19ClF3N7O2/c29-19-11-23(25(33)35-13-19)16-3-6-21(7-4-16)41-27-36-14-20(15-37-27)38-26(40)39-24-10-18(28(30,31)32)5-8-22(24)17-2-1-9-34-12-17/h1-15H,(H2,33,35)(H2,38,39,40). The van der Waals surface area contributed by atoms with E-state index in [2.05, 4.69) is 30.6 Å². The van der Waals surface area contributed by atoms with Gasteiger partial charge in [-0.25, -0.2) is 19.7 Å². The van der Waals surface area contributed by atoms with E-state index in [0.29, 0.717) is 33.3 Å². The van der Waals surface area contributed by atoms with Crippen molar-refractivity contribution in [1.82, 2.24) is 19.9 Å². The monoisotopic (exact) mass is 577 g/mol. The molecule has 0 spiro atoms. The summed E-state index contributed by atoms with van der Waals surface area (Å²) in [7, 11) is 0. The van der Waals surface area contributed by atoms with E-state index in [1.165, 1.54) is 37.1 Å². The molecule has 0 saturated carbocycles. The molecule has 9 nitrogen and oxygen atoms in total. The van der Waals surface area contributed by atoms with Crippen molar-refractivity contribution in [3.8, 4) is 34.0 Å². The van der Waals surface area contributed by atoms with Crippen molar-refractivity contribution >= 4 is 34.8 Å². The van der Waals surface area contributed by atoms with E-state index in [4.69, 9.17) is 22.1 Å². The number of nitrogens with one attached hydrogen (secondary N) is 2. The number of alkyl halides is 3. The number of carbonyl (C=O) groups is 1. The van der Waals surface area contributed by atoms with Crippen LogP contribution in [0.4, 0.5) is 35.2 Å². The van der Waals surface area contributed by atoms with Gasteiger partial charge in [0.05, 0.1) is 34.4 Å². The Kier molecular flexibility index (Phi) is 7.66. The molecule has 0 atom stereocenters. The van der Waals surface area contributed by atoms with Crippen LogP contribution in [0.3, 0.4) is 0 Å². The third kappa shape index (κ3) is 6.68. The van der Waals surface area contributed by atoms with Crippen LogP contribution in [0.5, 0.6) is 11.8 Å². The van der Waals surface area contributed by atoms with E-state index in [1.807, 2.05) is 0 Å². The Morgan fingerprint density at radius 2 is 1.61 bits per heavy atom. The predicted octanol–water partition coefficient (Wildman–Crippen LogP) is 7.29. The summed E-state index contributed by atoms with van der Waals surface area (Å²) in [6, 6.07) is 14.2. The van der Waals surface area contributed by atoms with Gasteiger partial charge < -0.3 is 21.1 Å². The van der Waals surface area contributed by atoms with Crippen LogP contribution >= 0.6 is 11.6 Å². The molecule has 4 N–H and O–H groups in total. The van der Waals surface area contributed by atoms with Crippen LogP contribution in [0.15, 0.2) is 91.6 Å². The highest BCUT2D eigenvalue weighted by Crippen LogP contribution is 2.36. The molecule has 5 aromatic rings. The number of ether oxygens (including phenoxy) is 1. The number of hydrogen-bond donors (Lipinski definition) is 3. The van der Waals surface area contributed by atoms with Crippen molar-refractivity contribution in [2.45, 2.75) is 6.18 Å². The number of nitrogens with two attached hydrogens (primary N) is 1. The molecule has 0 aliphatic rings. The molecule has 0 aliphatic carbocycles. The molecule has 2 aromatic carbocycles. The van der Waals surface area contributed by atoms with Gasteiger partial charge in [-0.3, -0.25) is 4.98 Å². The second-order valence-electron chi connectivity index (χ2n) is 8.55. The van der Waals surface area contributed by atoms with Crippen LogP contribution in [0.1, 0.15) is 5.56 Å². The first-order valence-electron chi connectivity index (χ1n) is 11.9. The average Bonchev–Trinajstić information content (AvgIpc) is 2.96. The van der Waals surface area contributed by atoms with Crippen molar-refractivity contribution in [3.05, 3.63) is 102 Å². The lowest BCUT2D eigenvalue weighted by atomic mass is 10.0. The van der Waals surface area contributed by atoms with E-state index >= 15 is 0 Å². The van der Waals surface area contributed by atoms with Gasteiger partial charge in [0, 0.05) is 35.3 Å². The summed E-state index contributed by atoms with van der Waals surface area (Å²) in [6.07, 6.45) is 2.47. The number of nitrogen functional groups attached to an aromatic ring is 1. The van der Waals surface area contributed by atoms with Gasteiger partial charge in [-0.1, -0.05) is 35.9 Å². The van der Waals surface area contributed by atoms with Crippen molar-refractivity contribution in [2.75, 3.05) is 16.4 Å². The number of amides is 2. The lowest BCUT2D eigenvalue weighted by Gasteiger charge is -2.15. The van der Waals surface area contributed by atoms with Crippen LogP contribution in [-0.2, 0) is 6.18 Å². The number of urea groups is 1. The van der Waals surface area contributed by atoms with Gasteiger partial charge in [0.25, 0.3) is 0 Å². The van der Waals surface area contributed by atoms with Gasteiger partial charge in [0.1, 0.15) is 11.6 Å².